The summed E-state index contributed by atoms with van der Waals surface area (Å²) in [6, 6.07) is 12.7. The van der Waals surface area contributed by atoms with Gasteiger partial charge in [0.2, 0.25) is 0 Å². The molecule has 2 aromatic rings. The number of fused-ring (bicyclic) bond motifs is 3. The van der Waals surface area contributed by atoms with E-state index >= 15 is 0 Å². The highest BCUT2D eigenvalue weighted by molar-refractivity contribution is 6.47. The zero-order valence-electron chi connectivity index (χ0n) is 12.6. The van der Waals surface area contributed by atoms with Gasteiger partial charge in [-0.3, -0.25) is 10.3 Å². The Kier molecular flexibility index (Phi) is 4.29. The molecule has 4 nitrogen and oxygen atoms in total. The average molecular weight is 294 g/mol. The van der Waals surface area contributed by atoms with Crippen LogP contribution in [0, 0.1) is 0 Å². The number of benzene rings is 2. The fraction of sp³-hybridized carbons (Fsp3) is 0.176. The summed E-state index contributed by atoms with van der Waals surface area (Å²) >= 11 is 0. The minimum Gasteiger partial charge on any atom is -0.422 e. The Morgan fingerprint density at radius 2 is 1.95 bits per heavy atom. The van der Waals surface area contributed by atoms with Crippen LogP contribution in [0.5, 0.6) is 0 Å². The summed E-state index contributed by atoms with van der Waals surface area (Å²) in [5.74, 6) is 0.182. The van der Waals surface area contributed by atoms with Crippen LogP contribution in [0.15, 0.2) is 49.1 Å². The van der Waals surface area contributed by atoms with Crippen LogP contribution in [0.3, 0.4) is 0 Å². The summed E-state index contributed by atoms with van der Waals surface area (Å²) < 4.78 is 5.30. The first kappa shape index (κ1) is 14.8. The largest absolute Gasteiger partial charge is 0.422 e. The van der Waals surface area contributed by atoms with E-state index in [4.69, 9.17) is 15.2 Å². The van der Waals surface area contributed by atoms with Gasteiger partial charge in [0.15, 0.2) is 0 Å². The third kappa shape index (κ3) is 2.54. The van der Waals surface area contributed by atoms with Gasteiger partial charge in [0.1, 0.15) is 0 Å². The molecule has 0 aliphatic heterocycles. The number of nitrogens with one attached hydrogen (secondary N) is 1. The lowest BCUT2D eigenvalue weighted by atomic mass is 9.84. The molecule has 0 bridgehead atoms. The SMILES string of the molecule is C=CC1c2cc(BOCN)ccc2-c2ccc(NOC)cc21. The number of rotatable bonds is 6. The molecule has 1 aliphatic carbocycles. The number of hydrogen-bond donors (Lipinski definition) is 2. The third-order valence-corrected chi connectivity index (χ3v) is 3.97. The molecule has 0 heterocycles. The zero-order chi connectivity index (χ0) is 15.5. The van der Waals surface area contributed by atoms with Gasteiger partial charge in [0.25, 0.3) is 0 Å². The van der Waals surface area contributed by atoms with Gasteiger partial charge in [-0.15, -0.1) is 6.58 Å². The van der Waals surface area contributed by atoms with Crippen LogP contribution in [0.25, 0.3) is 11.1 Å². The minimum absolute atomic E-state index is 0.182. The second-order valence-corrected chi connectivity index (χ2v) is 5.26. The van der Waals surface area contributed by atoms with Crippen molar-refractivity contribution in [2.24, 2.45) is 5.73 Å². The summed E-state index contributed by atoms with van der Waals surface area (Å²) in [7, 11) is 2.14. The number of nitrogens with two attached hydrogens (primary N) is 1. The topological polar surface area (TPSA) is 56.5 Å². The van der Waals surface area contributed by atoms with Crippen LogP contribution in [-0.4, -0.2) is 21.3 Å². The van der Waals surface area contributed by atoms with E-state index in [0.29, 0.717) is 7.48 Å². The van der Waals surface area contributed by atoms with Gasteiger partial charge in [0, 0.05) is 5.92 Å². The molecule has 2 aromatic carbocycles. The molecular weight excluding hydrogens is 275 g/mol. The molecule has 0 aromatic heterocycles. The quantitative estimate of drug-likeness (QED) is 0.369. The van der Waals surface area contributed by atoms with Gasteiger partial charge in [0.05, 0.1) is 19.5 Å². The van der Waals surface area contributed by atoms with Crippen LogP contribution in [0.4, 0.5) is 5.69 Å². The van der Waals surface area contributed by atoms with Crippen molar-refractivity contribution in [1.82, 2.24) is 0 Å². The van der Waals surface area contributed by atoms with Gasteiger partial charge >= 0.3 is 7.48 Å². The highest BCUT2D eigenvalue weighted by Gasteiger charge is 2.27. The molecule has 0 spiro atoms. The number of anilines is 1. The van der Waals surface area contributed by atoms with E-state index < -0.39 is 0 Å². The summed E-state index contributed by atoms with van der Waals surface area (Å²) in [6.07, 6.45) is 1.98. The molecule has 112 valence electrons. The summed E-state index contributed by atoms with van der Waals surface area (Å²) in [4.78, 5) is 4.99. The van der Waals surface area contributed by atoms with Crippen LogP contribution in [0.1, 0.15) is 17.0 Å². The number of allylic oxidation sites excluding steroid dienone is 1. The highest BCUT2D eigenvalue weighted by atomic mass is 16.6. The maximum Gasteiger partial charge on any atom is 0.310 e. The van der Waals surface area contributed by atoms with Crippen molar-refractivity contribution >= 4 is 18.6 Å². The summed E-state index contributed by atoms with van der Waals surface area (Å²) in [5.41, 5.74) is 15.3. The van der Waals surface area contributed by atoms with Gasteiger partial charge in [-0.1, -0.05) is 35.8 Å². The molecule has 1 atom stereocenters. The molecule has 0 amide bonds. The molecule has 22 heavy (non-hydrogen) atoms. The molecule has 1 unspecified atom stereocenters. The normalized spacial score (nSPS) is 15.1. The smallest absolute Gasteiger partial charge is 0.310 e. The minimum atomic E-state index is 0.182. The van der Waals surface area contributed by atoms with E-state index in [1.165, 1.54) is 22.3 Å². The first-order valence-corrected chi connectivity index (χ1v) is 7.25. The van der Waals surface area contributed by atoms with Gasteiger partial charge in [-0.05, 0) is 34.4 Å². The van der Waals surface area contributed by atoms with Crippen molar-refractivity contribution in [1.29, 1.82) is 0 Å². The fourth-order valence-electron chi connectivity index (χ4n) is 3.05. The second kappa shape index (κ2) is 6.36. The maximum atomic E-state index is 5.40. The van der Waals surface area contributed by atoms with Crippen molar-refractivity contribution in [3.05, 3.63) is 60.2 Å². The van der Waals surface area contributed by atoms with Crippen molar-refractivity contribution in [3.63, 3.8) is 0 Å². The van der Waals surface area contributed by atoms with E-state index in [1.807, 2.05) is 12.1 Å². The van der Waals surface area contributed by atoms with Crippen molar-refractivity contribution in [2.75, 3.05) is 19.3 Å². The molecule has 3 rings (SSSR count). The Balaban J connectivity index is 2.02. The Bertz CT molecular complexity index is 703. The third-order valence-electron chi connectivity index (χ3n) is 3.97. The molecule has 0 saturated carbocycles. The maximum absolute atomic E-state index is 5.40. The van der Waals surface area contributed by atoms with Crippen molar-refractivity contribution < 1.29 is 9.49 Å². The first-order valence-electron chi connectivity index (χ1n) is 7.25. The van der Waals surface area contributed by atoms with Gasteiger partial charge in [-0.25, -0.2) is 0 Å². The zero-order valence-corrected chi connectivity index (χ0v) is 12.6. The molecule has 5 heteroatoms. The van der Waals surface area contributed by atoms with Gasteiger partial charge in [-0.2, -0.15) is 0 Å². The Hall–Kier alpha value is -2.08. The molecule has 0 radical (unpaired) electrons. The lowest BCUT2D eigenvalue weighted by Crippen LogP contribution is -2.21. The van der Waals surface area contributed by atoms with Crippen LogP contribution < -0.4 is 16.7 Å². The van der Waals surface area contributed by atoms with Crippen molar-refractivity contribution in [2.45, 2.75) is 5.92 Å². The Morgan fingerprint density at radius 3 is 2.64 bits per heavy atom. The summed E-state index contributed by atoms with van der Waals surface area (Å²) in [6.45, 7) is 4.24. The van der Waals surface area contributed by atoms with E-state index in [-0.39, 0.29) is 12.6 Å². The van der Waals surface area contributed by atoms with Crippen LogP contribution >= 0.6 is 0 Å². The molecule has 1 aliphatic rings. The van der Waals surface area contributed by atoms with E-state index in [1.54, 1.807) is 7.11 Å². The van der Waals surface area contributed by atoms with Gasteiger partial charge < -0.3 is 10.4 Å². The monoisotopic (exact) mass is 294 g/mol. The Labute approximate surface area is 131 Å². The second-order valence-electron chi connectivity index (χ2n) is 5.26. The summed E-state index contributed by atoms with van der Waals surface area (Å²) in [5, 5.41) is 0. The number of hydrogen-bond acceptors (Lipinski definition) is 4. The van der Waals surface area contributed by atoms with E-state index in [9.17, 15) is 0 Å². The standard InChI is InChI=1S/C17H19BN2O2/c1-3-13-16-8-11(18-22-10-19)4-6-14(16)15-7-5-12(20-21-2)9-17(13)15/h3-9,13,18,20H,1,10,19H2,2H3. The lowest BCUT2D eigenvalue weighted by Gasteiger charge is -2.10. The molecular formula is C17H19BN2O2. The van der Waals surface area contributed by atoms with E-state index in [2.05, 4.69) is 42.4 Å². The average Bonchev–Trinajstić information content (AvgIpc) is 2.85. The predicted octanol–water partition coefficient (Wildman–Crippen LogP) is 1.87. The highest BCUT2D eigenvalue weighted by Crippen LogP contribution is 2.45. The Morgan fingerprint density at radius 1 is 1.23 bits per heavy atom. The predicted molar refractivity (Wildman–Crippen MR) is 91.5 cm³/mol. The lowest BCUT2D eigenvalue weighted by molar-refractivity contribution is 0.271. The molecule has 0 fully saturated rings. The molecule has 0 saturated heterocycles. The van der Waals surface area contributed by atoms with Crippen LogP contribution in [0.2, 0.25) is 0 Å². The first-order chi connectivity index (χ1) is 10.8. The van der Waals surface area contributed by atoms with Crippen LogP contribution in [-0.2, 0) is 9.49 Å². The van der Waals surface area contributed by atoms with Crippen molar-refractivity contribution in [3.8, 4) is 11.1 Å². The fourth-order valence-corrected chi connectivity index (χ4v) is 3.05. The van der Waals surface area contributed by atoms with E-state index in [0.717, 1.165) is 11.2 Å². The molecule has 3 N–H and O–H groups in total.